The Hall–Kier alpha value is -0.0800. The average molecular weight is 271 g/mol. The first-order chi connectivity index (χ1) is 8.70. The monoisotopic (exact) mass is 271 g/mol. The Kier molecular flexibility index (Phi) is 8.93. The van der Waals surface area contributed by atoms with Crippen molar-refractivity contribution in [3.05, 3.63) is 5.21 Å². The third-order valence-electron chi connectivity index (χ3n) is 4.40. The van der Waals surface area contributed by atoms with Crippen LogP contribution in [0.3, 0.4) is 0 Å². The van der Waals surface area contributed by atoms with Crippen molar-refractivity contribution >= 4 is 0 Å². The fraction of sp³-hybridized carbons (Fsp3) is 1.00. The van der Waals surface area contributed by atoms with Gasteiger partial charge in [0.15, 0.2) is 0 Å². The quantitative estimate of drug-likeness (QED) is 0.401. The van der Waals surface area contributed by atoms with Crippen LogP contribution in [0.4, 0.5) is 0 Å². The Labute approximate surface area is 121 Å². The maximum atomic E-state index is 12.6. The van der Waals surface area contributed by atoms with Crippen molar-refractivity contribution in [1.82, 2.24) is 0 Å². The smallest absolute Gasteiger partial charge is 0.0807 e. The van der Waals surface area contributed by atoms with Gasteiger partial charge in [-0.3, -0.25) is 0 Å². The summed E-state index contributed by atoms with van der Waals surface area (Å²) in [6.07, 6.45) is 4.81. The summed E-state index contributed by atoms with van der Waals surface area (Å²) in [5.74, 6) is 2.56. The molecule has 0 aromatic heterocycles. The van der Waals surface area contributed by atoms with Gasteiger partial charge in [-0.2, -0.15) is 0 Å². The molecule has 0 spiro atoms. The van der Waals surface area contributed by atoms with Crippen molar-refractivity contribution in [2.24, 2.45) is 23.7 Å². The Bertz CT molecular complexity index is 205. The van der Waals surface area contributed by atoms with E-state index in [-0.39, 0.29) is 4.65 Å². The van der Waals surface area contributed by atoms with Gasteiger partial charge in [-0.15, -0.1) is 0 Å². The maximum absolute atomic E-state index is 12.6. The highest BCUT2D eigenvalue weighted by Gasteiger charge is 2.20. The van der Waals surface area contributed by atoms with E-state index >= 15 is 0 Å². The minimum Gasteiger partial charge on any atom is -0.633 e. The number of hydrogen-bond acceptors (Lipinski definition) is 1. The standard InChI is InChI=1S/C17H37NO/c1-8-14(3)10-16(5)12-18(7,19)13-17(6)11-15(4)9-2/h14-17H,8-13H2,1-7H3. The SMILES string of the molecule is CCC(C)CC(C)C[N+](C)([O-])CC(C)CC(C)CC. The van der Waals surface area contributed by atoms with Crippen LogP contribution in [0.5, 0.6) is 0 Å². The molecule has 0 amide bonds. The zero-order chi connectivity index (χ0) is 15.1. The van der Waals surface area contributed by atoms with Crippen molar-refractivity contribution < 1.29 is 4.65 Å². The van der Waals surface area contributed by atoms with Gasteiger partial charge < -0.3 is 9.85 Å². The van der Waals surface area contributed by atoms with E-state index in [1.54, 1.807) is 0 Å². The highest BCUT2D eigenvalue weighted by Crippen LogP contribution is 2.21. The molecule has 0 aliphatic heterocycles. The van der Waals surface area contributed by atoms with Crippen LogP contribution in [0.15, 0.2) is 0 Å². The van der Waals surface area contributed by atoms with E-state index in [9.17, 15) is 5.21 Å². The predicted octanol–water partition coefficient (Wildman–Crippen LogP) is 5.08. The van der Waals surface area contributed by atoms with Crippen LogP contribution in [0.1, 0.15) is 67.2 Å². The summed E-state index contributed by atoms with van der Waals surface area (Å²) >= 11 is 0. The summed E-state index contributed by atoms with van der Waals surface area (Å²) < 4.78 is -0.0603. The van der Waals surface area contributed by atoms with Crippen LogP contribution in [0, 0.1) is 28.9 Å². The second-order valence-electron chi connectivity index (χ2n) is 7.37. The Balaban J connectivity index is 4.15. The number of hydroxylamine groups is 3. The summed E-state index contributed by atoms with van der Waals surface area (Å²) in [5.41, 5.74) is 0. The van der Waals surface area contributed by atoms with E-state index in [1.165, 1.54) is 25.7 Å². The third kappa shape index (κ3) is 9.45. The maximum Gasteiger partial charge on any atom is 0.0807 e. The topological polar surface area (TPSA) is 23.1 Å². The second-order valence-corrected chi connectivity index (χ2v) is 7.37. The molecule has 0 aromatic carbocycles. The van der Waals surface area contributed by atoms with Crippen LogP contribution in [-0.4, -0.2) is 24.8 Å². The number of nitrogens with zero attached hydrogens (tertiary/aromatic N) is 1. The molecule has 4 unspecified atom stereocenters. The Morgan fingerprint density at radius 1 is 0.737 bits per heavy atom. The van der Waals surface area contributed by atoms with E-state index in [2.05, 4.69) is 41.5 Å². The van der Waals surface area contributed by atoms with Crippen molar-refractivity contribution in [3.63, 3.8) is 0 Å². The molecule has 2 heteroatoms. The molecule has 0 saturated carbocycles. The van der Waals surface area contributed by atoms with Gasteiger partial charge in [0.25, 0.3) is 0 Å². The summed E-state index contributed by atoms with van der Waals surface area (Å²) in [4.78, 5) is 0. The molecule has 19 heavy (non-hydrogen) atoms. The minimum absolute atomic E-state index is 0.0603. The lowest BCUT2D eigenvalue weighted by molar-refractivity contribution is -0.867. The molecule has 0 bridgehead atoms. The number of rotatable bonds is 10. The van der Waals surface area contributed by atoms with Gasteiger partial charge >= 0.3 is 0 Å². The minimum atomic E-state index is -0.0603. The molecule has 4 atom stereocenters. The van der Waals surface area contributed by atoms with Gasteiger partial charge in [-0.25, -0.2) is 0 Å². The van der Waals surface area contributed by atoms with Crippen molar-refractivity contribution in [1.29, 1.82) is 0 Å². The normalized spacial score (nSPS) is 21.5. The zero-order valence-electron chi connectivity index (χ0n) is 14.4. The third-order valence-corrected chi connectivity index (χ3v) is 4.40. The molecule has 0 radical (unpaired) electrons. The first-order valence-electron chi connectivity index (χ1n) is 8.25. The number of hydrogen-bond donors (Lipinski definition) is 0. The van der Waals surface area contributed by atoms with Gasteiger partial charge in [0.05, 0.1) is 20.1 Å². The molecule has 0 aliphatic rings. The highest BCUT2D eigenvalue weighted by atomic mass is 16.5. The fourth-order valence-electron chi connectivity index (χ4n) is 3.25. The first-order valence-corrected chi connectivity index (χ1v) is 8.25. The van der Waals surface area contributed by atoms with Crippen molar-refractivity contribution in [3.8, 4) is 0 Å². The molecule has 0 N–H and O–H groups in total. The van der Waals surface area contributed by atoms with Crippen molar-refractivity contribution in [2.45, 2.75) is 67.2 Å². The van der Waals surface area contributed by atoms with E-state index in [0.29, 0.717) is 11.8 Å². The number of quaternary nitrogens is 1. The van der Waals surface area contributed by atoms with Crippen molar-refractivity contribution in [2.75, 3.05) is 20.1 Å². The van der Waals surface area contributed by atoms with Gasteiger partial charge in [-0.1, -0.05) is 54.4 Å². The summed E-state index contributed by atoms with van der Waals surface area (Å²) in [7, 11) is 1.86. The molecule has 0 aliphatic carbocycles. The lowest BCUT2D eigenvalue weighted by Crippen LogP contribution is -2.44. The first kappa shape index (κ1) is 18.9. The van der Waals surface area contributed by atoms with Crippen LogP contribution in [-0.2, 0) is 0 Å². The molecule has 0 saturated heterocycles. The molecule has 0 heterocycles. The molecule has 0 fully saturated rings. The molecule has 2 nitrogen and oxygen atoms in total. The van der Waals surface area contributed by atoms with Crippen LogP contribution >= 0.6 is 0 Å². The Morgan fingerprint density at radius 2 is 1.05 bits per heavy atom. The highest BCUT2D eigenvalue weighted by molar-refractivity contribution is 4.62. The molecule has 116 valence electrons. The van der Waals surface area contributed by atoms with E-state index in [1.807, 2.05) is 7.05 Å². The largest absolute Gasteiger partial charge is 0.633 e. The van der Waals surface area contributed by atoms with Crippen LogP contribution < -0.4 is 0 Å². The average Bonchev–Trinajstić information content (AvgIpc) is 2.26. The summed E-state index contributed by atoms with van der Waals surface area (Å²) in [6.45, 7) is 15.1. The zero-order valence-corrected chi connectivity index (χ0v) is 14.4. The molecule has 0 rings (SSSR count). The van der Waals surface area contributed by atoms with E-state index in [4.69, 9.17) is 0 Å². The van der Waals surface area contributed by atoms with Gasteiger partial charge in [0, 0.05) is 11.8 Å². The molecular weight excluding hydrogens is 234 g/mol. The fourth-order valence-corrected chi connectivity index (χ4v) is 3.25. The summed E-state index contributed by atoms with van der Waals surface area (Å²) in [6, 6.07) is 0. The van der Waals surface area contributed by atoms with Gasteiger partial charge in [0.2, 0.25) is 0 Å². The lowest BCUT2D eigenvalue weighted by atomic mass is 9.93. The second kappa shape index (κ2) is 8.97. The van der Waals surface area contributed by atoms with Crippen LogP contribution in [0.25, 0.3) is 0 Å². The Morgan fingerprint density at radius 3 is 1.32 bits per heavy atom. The lowest BCUT2D eigenvalue weighted by Gasteiger charge is -2.43. The van der Waals surface area contributed by atoms with E-state index < -0.39 is 0 Å². The van der Waals surface area contributed by atoms with Crippen LogP contribution in [0.2, 0.25) is 0 Å². The summed E-state index contributed by atoms with van der Waals surface area (Å²) in [5, 5.41) is 12.6. The predicted molar refractivity (Wildman–Crippen MR) is 85.8 cm³/mol. The molecular formula is C17H37NO. The van der Waals surface area contributed by atoms with Gasteiger partial charge in [-0.05, 0) is 24.7 Å². The van der Waals surface area contributed by atoms with E-state index in [0.717, 1.165) is 24.9 Å². The van der Waals surface area contributed by atoms with Gasteiger partial charge in [0.1, 0.15) is 0 Å². The molecule has 0 aromatic rings.